The van der Waals surface area contributed by atoms with Crippen molar-refractivity contribution in [2.45, 2.75) is 6.92 Å². The fourth-order valence-corrected chi connectivity index (χ4v) is 3.73. The van der Waals surface area contributed by atoms with Crippen molar-refractivity contribution in [3.63, 3.8) is 0 Å². The first-order valence-corrected chi connectivity index (χ1v) is 10.4. The Labute approximate surface area is 152 Å². The summed E-state index contributed by atoms with van der Waals surface area (Å²) in [5, 5.41) is 8.54. The zero-order valence-electron chi connectivity index (χ0n) is 14.1. The first-order valence-electron chi connectivity index (χ1n) is 7.20. The fourth-order valence-electron chi connectivity index (χ4n) is 1.59. The molecule has 0 heterocycles. The van der Waals surface area contributed by atoms with Gasteiger partial charge in [0, 0.05) is 5.69 Å². The quantitative estimate of drug-likeness (QED) is 0.211. The van der Waals surface area contributed by atoms with E-state index in [9.17, 15) is 13.3 Å². The fraction of sp³-hybridized carbons (Fsp3) is 0.125. The Kier molecular flexibility index (Phi) is 8.60. The van der Waals surface area contributed by atoms with Gasteiger partial charge in [0.2, 0.25) is 0 Å². The van der Waals surface area contributed by atoms with Crippen molar-refractivity contribution < 1.29 is 31.0 Å². The normalized spacial score (nSPS) is 12.1. The number of esters is 1. The van der Waals surface area contributed by atoms with Gasteiger partial charge in [0.25, 0.3) is 0 Å². The minimum atomic E-state index is -4.55. The maximum atomic E-state index is 11.8. The van der Waals surface area contributed by atoms with E-state index in [-0.39, 0.29) is 10.3 Å². The summed E-state index contributed by atoms with van der Waals surface area (Å²) in [7, 11) is 1.35. The van der Waals surface area contributed by atoms with Crippen molar-refractivity contribution in [1.82, 2.24) is 5.48 Å². The molecule has 0 aliphatic rings. The van der Waals surface area contributed by atoms with Crippen molar-refractivity contribution in [2.75, 3.05) is 12.8 Å². The van der Waals surface area contributed by atoms with Crippen LogP contribution in [-0.2, 0) is 21.0 Å². The molecule has 0 aromatic heterocycles. The van der Waals surface area contributed by atoms with Crippen LogP contribution in [0.3, 0.4) is 0 Å². The predicted molar refractivity (Wildman–Crippen MR) is 93.3 cm³/mol. The molecule has 0 aliphatic heterocycles. The maximum Gasteiger partial charge on any atom is 0.337 e. The van der Waals surface area contributed by atoms with Gasteiger partial charge in [-0.2, -0.15) is 0 Å². The Balaban J connectivity index is 0.000000273. The molecule has 10 heteroatoms. The van der Waals surface area contributed by atoms with E-state index in [0.717, 1.165) is 0 Å². The smallest absolute Gasteiger partial charge is 0.337 e. The van der Waals surface area contributed by atoms with E-state index in [4.69, 9.17) is 11.0 Å². The molecule has 1 amide bonds. The van der Waals surface area contributed by atoms with Gasteiger partial charge in [-0.05, 0) is 24.3 Å². The molecule has 0 bridgehead atoms. The van der Waals surface area contributed by atoms with E-state index in [2.05, 4.69) is 12.4 Å². The van der Waals surface area contributed by atoms with Crippen molar-refractivity contribution in [3.8, 4) is 0 Å². The molecule has 0 saturated heterocycles. The Hall–Kier alpha value is -2.58. The van der Waals surface area contributed by atoms with Crippen LogP contribution in [0.15, 0.2) is 54.6 Å². The summed E-state index contributed by atoms with van der Waals surface area (Å²) < 4.78 is 25.0. The van der Waals surface area contributed by atoms with Gasteiger partial charge < -0.3 is 10.5 Å². The van der Waals surface area contributed by atoms with Crippen LogP contribution in [0.2, 0.25) is 0 Å². The number of ether oxygens (including phenoxy) is 1. The van der Waals surface area contributed by atoms with E-state index >= 15 is 0 Å². The van der Waals surface area contributed by atoms with Crippen LogP contribution in [-0.4, -0.2) is 38.4 Å². The third kappa shape index (κ3) is 6.73. The van der Waals surface area contributed by atoms with Crippen LogP contribution < -0.4 is 15.6 Å². The zero-order valence-corrected chi connectivity index (χ0v) is 16.0. The summed E-state index contributed by atoms with van der Waals surface area (Å²) >= 11 is -4.55. The molecular weight excluding hydrogens is 407 g/mol. The van der Waals surface area contributed by atoms with Crippen LogP contribution in [0.25, 0.3) is 0 Å². The number of hydrogen-bond donors (Lipinski definition) is 3. The van der Waals surface area contributed by atoms with Gasteiger partial charge in [-0.15, -0.1) is 0 Å². The van der Waals surface area contributed by atoms with E-state index in [0.29, 0.717) is 11.3 Å². The topological polar surface area (TPSA) is 137 Å². The summed E-state index contributed by atoms with van der Waals surface area (Å²) in [6.07, 6.45) is 0. The molecule has 26 heavy (non-hydrogen) atoms. The van der Waals surface area contributed by atoms with E-state index < -0.39 is 20.1 Å². The molecule has 140 valence electrons. The first kappa shape index (κ1) is 21.5. The first-order chi connectivity index (χ1) is 12.3. The molecule has 2 aromatic carbocycles. The Morgan fingerprint density at radius 3 is 2.12 bits per heavy atom. The number of hydrogen-bond acceptors (Lipinski definition) is 8. The van der Waals surface area contributed by atoms with Gasteiger partial charge in [0.15, 0.2) is 0 Å². The number of carbonyl (C=O) groups is 2. The monoisotopic (exact) mass is 426 g/mol. The van der Waals surface area contributed by atoms with Crippen LogP contribution >= 0.6 is 0 Å². The van der Waals surface area contributed by atoms with Gasteiger partial charge in [-0.1, -0.05) is 0 Å². The van der Waals surface area contributed by atoms with Gasteiger partial charge >= 0.3 is 94.6 Å². The van der Waals surface area contributed by atoms with Gasteiger partial charge in [-0.3, -0.25) is 0 Å². The summed E-state index contributed by atoms with van der Waals surface area (Å²) in [6.45, 7) is 1.18. The molecule has 0 spiro atoms. The Bertz CT molecular complexity index is 766. The number of amides is 1. The number of nitrogens with one attached hydrogen (secondary N) is 1. The number of hydroxylamine groups is 1. The molecule has 2 aromatic rings. The Morgan fingerprint density at radius 1 is 1.08 bits per heavy atom. The van der Waals surface area contributed by atoms with Gasteiger partial charge in [-0.25, -0.2) is 4.79 Å². The molecule has 1 unspecified atom stereocenters. The predicted octanol–water partition coefficient (Wildman–Crippen LogP) is 0.876. The third-order valence-corrected chi connectivity index (χ3v) is 5.92. The number of methoxy groups -OCH3 is 1. The number of anilines is 1. The third-order valence-electron chi connectivity index (χ3n) is 2.82. The molecular formula is C16H19AsN2O7. The summed E-state index contributed by atoms with van der Waals surface area (Å²) in [5.74, 6) is -0.880. The second-order valence-electron chi connectivity index (χ2n) is 4.78. The summed E-state index contributed by atoms with van der Waals surface area (Å²) in [6, 6.07) is 14.4. The molecule has 2 rings (SSSR count). The van der Waals surface area contributed by atoms with Crippen molar-refractivity contribution in [2.24, 2.45) is 0 Å². The van der Waals surface area contributed by atoms with Crippen LogP contribution in [0.5, 0.6) is 0 Å². The molecule has 9 nitrogen and oxygen atoms in total. The number of carbonyl (C=O) groups excluding carboxylic acids is 2. The minimum absolute atomic E-state index is 0.201. The summed E-state index contributed by atoms with van der Waals surface area (Å²) in [5.41, 5.74) is 8.44. The number of rotatable bonds is 5. The second kappa shape index (κ2) is 10.4. The molecule has 4 N–H and O–H groups in total. The summed E-state index contributed by atoms with van der Waals surface area (Å²) in [4.78, 5) is 21.4. The van der Waals surface area contributed by atoms with Crippen LogP contribution in [0.1, 0.15) is 17.3 Å². The average Bonchev–Trinajstić information content (AvgIpc) is 2.67. The van der Waals surface area contributed by atoms with E-state index in [1.165, 1.54) is 26.2 Å². The van der Waals surface area contributed by atoms with E-state index in [1.807, 2.05) is 5.48 Å². The number of benzene rings is 2. The van der Waals surface area contributed by atoms with Crippen molar-refractivity contribution in [3.05, 3.63) is 60.2 Å². The molecule has 0 radical (unpaired) electrons. The molecule has 1 atom stereocenters. The second-order valence-corrected chi connectivity index (χ2v) is 8.67. The zero-order chi connectivity index (χ0) is 19.6. The Morgan fingerprint density at radius 2 is 1.65 bits per heavy atom. The largest absolute Gasteiger partial charge is 0.465 e. The van der Waals surface area contributed by atoms with Gasteiger partial charge in [0.1, 0.15) is 0 Å². The van der Waals surface area contributed by atoms with Crippen molar-refractivity contribution >= 4 is 36.1 Å². The maximum absolute atomic E-state index is 11.8. The molecule has 0 aliphatic carbocycles. The number of nitrogens with two attached hydrogens (primary N) is 1. The molecule has 0 saturated carbocycles. The SMILES string of the molecule is CC(=O)NO[As](=O)(OO)c1ccccc1.COC(=O)c1ccc(N)cc1. The minimum Gasteiger partial charge on any atom is -0.465 e. The molecule has 0 fully saturated rings. The van der Waals surface area contributed by atoms with E-state index in [1.54, 1.807) is 42.5 Å². The van der Waals surface area contributed by atoms with Crippen LogP contribution in [0, 0.1) is 0 Å². The standard InChI is InChI=1S/C8H10AsNO5.C8H9NO2/c1-7(11)10-14-9(12,15-13)8-5-3-2-4-6-8;1-11-8(10)6-2-4-7(9)5-3-6/h2-6,13H,1H3,(H,10,11);2-5H,9H2,1H3. The average molecular weight is 426 g/mol. The van der Waals surface area contributed by atoms with Crippen LogP contribution in [0.4, 0.5) is 5.69 Å². The number of nitrogen functional groups attached to an aromatic ring is 1. The van der Waals surface area contributed by atoms with Gasteiger partial charge in [0.05, 0.1) is 12.7 Å². The van der Waals surface area contributed by atoms with Crippen molar-refractivity contribution in [1.29, 1.82) is 0 Å².